The molecule has 1 aliphatic rings. The number of ether oxygens (including phenoxy) is 1. The van der Waals surface area contributed by atoms with E-state index in [1.807, 2.05) is 31.2 Å². The number of amides is 1. The highest BCUT2D eigenvalue weighted by molar-refractivity contribution is 6.31. The van der Waals surface area contributed by atoms with Crippen molar-refractivity contribution in [2.24, 2.45) is 0 Å². The number of benzene rings is 2. The summed E-state index contributed by atoms with van der Waals surface area (Å²) in [5, 5.41) is 11.8. The lowest BCUT2D eigenvalue weighted by Gasteiger charge is -2.26. The summed E-state index contributed by atoms with van der Waals surface area (Å²) in [6.45, 7) is 2.42. The van der Waals surface area contributed by atoms with Gasteiger partial charge in [-0.3, -0.25) is 9.59 Å². The van der Waals surface area contributed by atoms with Crippen molar-refractivity contribution in [1.82, 2.24) is 4.90 Å². The summed E-state index contributed by atoms with van der Waals surface area (Å²) in [7, 11) is 1.53. The summed E-state index contributed by atoms with van der Waals surface area (Å²) in [5.41, 5.74) is 2.19. The Balaban J connectivity index is 1.81. The third-order valence-corrected chi connectivity index (χ3v) is 5.38. The number of carbonyl (C=O) groups excluding carboxylic acids is 2. The van der Waals surface area contributed by atoms with Crippen LogP contribution in [-0.4, -0.2) is 42.0 Å². The highest BCUT2D eigenvalue weighted by atomic mass is 35.5. The number of Topliss-reactive ketones (excluding diaryl/α,β-unsaturated/α-hetero) is 1. The van der Waals surface area contributed by atoms with Crippen molar-refractivity contribution in [3.8, 4) is 0 Å². The average Bonchev–Trinajstić information content (AvgIpc) is 3.25. The predicted octanol–water partition coefficient (Wildman–Crippen LogP) is 4.62. The van der Waals surface area contributed by atoms with E-state index in [0.717, 1.165) is 11.1 Å². The molecule has 7 heteroatoms. The minimum absolute atomic E-state index is 0.00754. The Labute approximate surface area is 178 Å². The summed E-state index contributed by atoms with van der Waals surface area (Å²) in [5.74, 6) is -1.69. The lowest BCUT2D eigenvalue weighted by molar-refractivity contribution is -0.130. The summed E-state index contributed by atoms with van der Waals surface area (Å²) in [4.78, 5) is 27.6. The van der Waals surface area contributed by atoms with Crippen LogP contribution in [0.1, 0.15) is 27.7 Å². The number of hydrogen-bond acceptors (Lipinski definition) is 5. The normalized spacial score (nSPS) is 16.7. The van der Waals surface area contributed by atoms with Gasteiger partial charge in [0.05, 0.1) is 18.2 Å². The van der Waals surface area contributed by atoms with E-state index >= 15 is 0 Å². The largest absolute Gasteiger partial charge is 0.503 e. The Kier molecular flexibility index (Phi) is 5.37. The molecule has 1 N–H and O–H groups in total. The van der Waals surface area contributed by atoms with E-state index in [2.05, 4.69) is 0 Å². The van der Waals surface area contributed by atoms with Crippen molar-refractivity contribution >= 4 is 34.3 Å². The monoisotopic (exact) mass is 425 g/mol. The lowest BCUT2D eigenvalue weighted by atomic mass is 9.94. The van der Waals surface area contributed by atoms with Crippen LogP contribution in [0.25, 0.3) is 11.0 Å². The molecule has 0 bridgehead atoms. The van der Waals surface area contributed by atoms with Crippen molar-refractivity contribution < 1.29 is 23.8 Å². The van der Waals surface area contributed by atoms with Crippen molar-refractivity contribution in [2.75, 3.05) is 20.3 Å². The van der Waals surface area contributed by atoms with Crippen LogP contribution in [0.5, 0.6) is 0 Å². The van der Waals surface area contributed by atoms with E-state index in [1.165, 1.54) is 12.0 Å². The Morgan fingerprint density at radius 3 is 2.77 bits per heavy atom. The van der Waals surface area contributed by atoms with Crippen LogP contribution in [0, 0.1) is 6.92 Å². The Hall–Kier alpha value is -3.09. The number of carbonyl (C=O) groups is 2. The first-order chi connectivity index (χ1) is 14.4. The van der Waals surface area contributed by atoms with E-state index < -0.39 is 23.5 Å². The quantitative estimate of drug-likeness (QED) is 0.583. The topological polar surface area (TPSA) is 80.0 Å². The van der Waals surface area contributed by atoms with Crippen molar-refractivity contribution in [3.63, 3.8) is 0 Å². The minimum Gasteiger partial charge on any atom is -0.503 e. The lowest BCUT2D eigenvalue weighted by Crippen LogP contribution is -2.34. The molecule has 1 aromatic heterocycles. The smallest absolute Gasteiger partial charge is 0.290 e. The first kappa shape index (κ1) is 20.2. The molecular formula is C23H20ClNO5. The molecule has 30 heavy (non-hydrogen) atoms. The van der Waals surface area contributed by atoms with E-state index in [4.69, 9.17) is 20.8 Å². The fraction of sp³-hybridized carbons (Fsp3) is 0.217. The average molecular weight is 426 g/mol. The molecule has 1 atom stereocenters. The molecule has 0 fully saturated rings. The molecule has 4 rings (SSSR count). The van der Waals surface area contributed by atoms with Gasteiger partial charge in [0.1, 0.15) is 5.58 Å². The second-order valence-corrected chi connectivity index (χ2v) is 7.63. The van der Waals surface area contributed by atoms with Gasteiger partial charge in [0, 0.05) is 24.1 Å². The van der Waals surface area contributed by atoms with Crippen LogP contribution >= 0.6 is 11.6 Å². The number of hydrogen-bond donors (Lipinski definition) is 1. The predicted molar refractivity (Wildman–Crippen MR) is 113 cm³/mol. The van der Waals surface area contributed by atoms with Gasteiger partial charge >= 0.3 is 0 Å². The molecule has 1 aliphatic heterocycles. The third-order valence-electron chi connectivity index (χ3n) is 5.14. The molecule has 0 radical (unpaired) electrons. The van der Waals surface area contributed by atoms with Gasteiger partial charge in [0.15, 0.2) is 11.5 Å². The Morgan fingerprint density at radius 1 is 1.23 bits per heavy atom. The van der Waals surface area contributed by atoms with Gasteiger partial charge in [-0.25, -0.2) is 0 Å². The minimum atomic E-state index is -0.739. The maximum absolute atomic E-state index is 13.4. The third kappa shape index (κ3) is 3.49. The standard InChI is InChI=1S/C23H20ClNO5/c1-13-4-3-5-14(10-13)20-19(22(27)23(28)25(20)8-9-29-2)21(26)18-12-15-11-16(24)6-7-17(15)30-18/h3-7,10-12,20,27H,8-9H2,1-2H3. The second-order valence-electron chi connectivity index (χ2n) is 7.19. The van der Waals surface area contributed by atoms with Crippen LogP contribution in [0.4, 0.5) is 0 Å². The van der Waals surface area contributed by atoms with Gasteiger partial charge in [-0.05, 0) is 36.8 Å². The summed E-state index contributed by atoms with van der Waals surface area (Å²) >= 11 is 6.02. The molecule has 0 aliphatic carbocycles. The van der Waals surface area contributed by atoms with Gasteiger partial charge < -0.3 is 19.2 Å². The molecular weight excluding hydrogens is 406 g/mol. The maximum Gasteiger partial charge on any atom is 0.290 e. The van der Waals surface area contributed by atoms with Gasteiger partial charge in [0.25, 0.3) is 5.91 Å². The van der Waals surface area contributed by atoms with E-state index in [1.54, 1.807) is 24.3 Å². The number of methoxy groups -OCH3 is 1. The highest BCUT2D eigenvalue weighted by Crippen LogP contribution is 2.39. The van der Waals surface area contributed by atoms with E-state index in [9.17, 15) is 14.7 Å². The number of nitrogens with zero attached hydrogens (tertiary/aromatic N) is 1. The number of rotatable bonds is 6. The maximum atomic E-state index is 13.4. The number of aliphatic hydroxyl groups is 1. The number of furan rings is 1. The molecule has 0 spiro atoms. The fourth-order valence-corrected chi connectivity index (χ4v) is 3.93. The molecule has 1 unspecified atom stereocenters. The van der Waals surface area contributed by atoms with Crippen molar-refractivity contribution in [3.05, 3.63) is 81.8 Å². The zero-order valence-corrected chi connectivity index (χ0v) is 17.3. The molecule has 2 heterocycles. The second kappa shape index (κ2) is 7.97. The molecule has 0 saturated carbocycles. The molecule has 1 amide bonds. The van der Waals surface area contributed by atoms with Gasteiger partial charge in [-0.1, -0.05) is 41.4 Å². The van der Waals surface area contributed by atoms with Crippen molar-refractivity contribution in [1.29, 1.82) is 0 Å². The fourth-order valence-electron chi connectivity index (χ4n) is 3.75. The number of aryl methyl sites for hydroxylation is 1. The first-order valence-corrected chi connectivity index (χ1v) is 9.82. The van der Waals surface area contributed by atoms with Gasteiger partial charge in [-0.15, -0.1) is 0 Å². The van der Waals surface area contributed by atoms with Crippen LogP contribution in [-0.2, 0) is 9.53 Å². The number of halogens is 1. The van der Waals surface area contributed by atoms with E-state index in [0.29, 0.717) is 16.0 Å². The van der Waals surface area contributed by atoms with Crippen LogP contribution in [0.2, 0.25) is 5.02 Å². The van der Waals surface area contributed by atoms with Crippen molar-refractivity contribution in [2.45, 2.75) is 13.0 Å². The number of fused-ring (bicyclic) bond motifs is 1. The summed E-state index contributed by atoms with van der Waals surface area (Å²) < 4.78 is 10.8. The van der Waals surface area contributed by atoms with Gasteiger partial charge in [-0.2, -0.15) is 0 Å². The highest BCUT2D eigenvalue weighted by Gasteiger charge is 2.44. The molecule has 0 saturated heterocycles. The zero-order valence-electron chi connectivity index (χ0n) is 16.5. The Bertz CT molecular complexity index is 1180. The zero-order chi connectivity index (χ0) is 21.4. The summed E-state index contributed by atoms with van der Waals surface area (Å²) in [6, 6.07) is 13.4. The van der Waals surface area contributed by atoms with Gasteiger partial charge in [0.2, 0.25) is 5.78 Å². The number of aliphatic hydroxyl groups excluding tert-OH is 1. The van der Waals surface area contributed by atoms with Crippen LogP contribution in [0.15, 0.2) is 64.3 Å². The first-order valence-electron chi connectivity index (χ1n) is 9.44. The molecule has 6 nitrogen and oxygen atoms in total. The Morgan fingerprint density at radius 2 is 2.03 bits per heavy atom. The van der Waals surface area contributed by atoms with Crippen LogP contribution < -0.4 is 0 Å². The molecule has 2 aromatic carbocycles. The van der Waals surface area contributed by atoms with Crippen LogP contribution in [0.3, 0.4) is 0 Å². The molecule has 154 valence electrons. The SMILES string of the molecule is COCCN1C(=O)C(O)=C(C(=O)c2cc3cc(Cl)ccc3o2)C1c1cccc(C)c1. The van der Waals surface area contributed by atoms with E-state index in [-0.39, 0.29) is 24.5 Å². The summed E-state index contributed by atoms with van der Waals surface area (Å²) in [6.07, 6.45) is 0. The molecule has 3 aromatic rings. The number of ketones is 1.